The maximum Gasteiger partial charge on any atom is 0.303 e. The van der Waals surface area contributed by atoms with Crippen molar-refractivity contribution in [1.82, 2.24) is 15.2 Å². The van der Waals surface area contributed by atoms with E-state index in [4.69, 9.17) is 14.6 Å². The third kappa shape index (κ3) is 5.16. The van der Waals surface area contributed by atoms with Crippen molar-refractivity contribution in [2.24, 2.45) is 0 Å². The number of H-pyrrole nitrogens is 1. The molecule has 9 heteroatoms. The number of halogens is 1. The topological polar surface area (TPSA) is 114 Å². The van der Waals surface area contributed by atoms with Crippen molar-refractivity contribution in [2.45, 2.75) is 19.4 Å². The summed E-state index contributed by atoms with van der Waals surface area (Å²) in [7, 11) is 1.48. The summed E-state index contributed by atoms with van der Waals surface area (Å²) in [5.41, 5.74) is 0.907. The molecule has 0 bridgehead atoms. The van der Waals surface area contributed by atoms with Crippen LogP contribution in [0.2, 0.25) is 0 Å². The van der Waals surface area contributed by atoms with Gasteiger partial charge in [0.15, 0.2) is 17.3 Å². The van der Waals surface area contributed by atoms with Crippen LogP contribution in [-0.2, 0) is 17.8 Å². The van der Waals surface area contributed by atoms with Crippen molar-refractivity contribution in [3.8, 4) is 22.9 Å². The normalized spacial score (nSPS) is 10.6. The summed E-state index contributed by atoms with van der Waals surface area (Å²) in [6.07, 6.45) is -0.206. The number of carbonyl (C=O) groups is 1. The molecule has 0 radical (unpaired) electrons. The molecule has 29 heavy (non-hydrogen) atoms. The number of carboxylic acids is 1. The van der Waals surface area contributed by atoms with E-state index in [1.165, 1.54) is 19.2 Å². The quantitative estimate of drug-likeness (QED) is 0.598. The molecule has 2 N–H and O–H groups in total. The molecule has 0 atom stereocenters. The standard InChI is InChI=1S/C20H18FN3O5/c1-28-17-10-13(19-22-20(27)15(23-24-19)7-9-18(25)26)4-8-16(17)29-11-12-2-5-14(21)6-3-12/h2-6,8,10H,7,9,11H2,1H3,(H,25,26)(H,22,24,27). The van der Waals surface area contributed by atoms with Crippen LogP contribution in [0.4, 0.5) is 4.39 Å². The molecule has 8 nitrogen and oxygen atoms in total. The van der Waals surface area contributed by atoms with Gasteiger partial charge in [-0.3, -0.25) is 9.59 Å². The van der Waals surface area contributed by atoms with E-state index in [0.717, 1.165) is 5.56 Å². The Bertz CT molecular complexity index is 1070. The van der Waals surface area contributed by atoms with E-state index in [2.05, 4.69) is 15.2 Å². The molecule has 0 spiro atoms. The Labute approximate surface area is 165 Å². The van der Waals surface area contributed by atoms with Gasteiger partial charge in [0, 0.05) is 12.0 Å². The Hall–Kier alpha value is -3.75. The minimum absolute atomic E-state index is 0.00255. The third-order valence-electron chi connectivity index (χ3n) is 4.09. The number of methoxy groups -OCH3 is 1. The lowest BCUT2D eigenvalue weighted by molar-refractivity contribution is -0.136. The smallest absolute Gasteiger partial charge is 0.303 e. The minimum Gasteiger partial charge on any atom is -0.493 e. The van der Waals surface area contributed by atoms with Crippen LogP contribution in [0.1, 0.15) is 17.7 Å². The molecule has 0 saturated heterocycles. The van der Waals surface area contributed by atoms with Gasteiger partial charge in [-0.2, -0.15) is 0 Å². The fraction of sp³-hybridized carbons (Fsp3) is 0.200. The zero-order chi connectivity index (χ0) is 20.8. The summed E-state index contributed by atoms with van der Waals surface area (Å²) in [5.74, 6) is -0.232. The summed E-state index contributed by atoms with van der Waals surface area (Å²) >= 11 is 0. The molecule has 0 saturated carbocycles. The number of aryl methyl sites for hydroxylation is 1. The first-order chi connectivity index (χ1) is 14.0. The fourth-order valence-corrected chi connectivity index (χ4v) is 2.56. The van der Waals surface area contributed by atoms with Gasteiger partial charge in [-0.15, -0.1) is 10.2 Å². The van der Waals surface area contributed by atoms with Crippen LogP contribution in [-0.4, -0.2) is 33.4 Å². The maximum atomic E-state index is 13.0. The average molecular weight is 399 g/mol. The van der Waals surface area contributed by atoms with E-state index >= 15 is 0 Å². The second kappa shape index (κ2) is 8.96. The number of aliphatic carboxylic acids is 1. The number of aromatic amines is 1. The molecular formula is C20H18FN3O5. The molecule has 150 valence electrons. The van der Waals surface area contributed by atoms with Crippen molar-refractivity contribution in [3.05, 3.63) is 69.9 Å². The first kappa shape index (κ1) is 20.0. The molecule has 0 unspecified atom stereocenters. The maximum absolute atomic E-state index is 13.0. The van der Waals surface area contributed by atoms with Gasteiger partial charge < -0.3 is 19.6 Å². The highest BCUT2D eigenvalue weighted by Gasteiger charge is 2.12. The van der Waals surface area contributed by atoms with E-state index in [9.17, 15) is 14.0 Å². The van der Waals surface area contributed by atoms with Crippen LogP contribution in [0.25, 0.3) is 11.4 Å². The summed E-state index contributed by atoms with van der Waals surface area (Å²) < 4.78 is 24.1. The predicted octanol–water partition coefficient (Wildman–Crippen LogP) is 2.58. The van der Waals surface area contributed by atoms with Gasteiger partial charge in [0.05, 0.1) is 13.5 Å². The molecule has 1 aromatic heterocycles. The van der Waals surface area contributed by atoms with Crippen molar-refractivity contribution >= 4 is 5.97 Å². The third-order valence-corrected chi connectivity index (χ3v) is 4.09. The zero-order valence-electron chi connectivity index (χ0n) is 15.5. The summed E-state index contributed by atoms with van der Waals surface area (Å²) in [4.78, 5) is 25.3. The van der Waals surface area contributed by atoms with Crippen LogP contribution < -0.4 is 15.0 Å². The van der Waals surface area contributed by atoms with Crippen LogP contribution in [0.5, 0.6) is 11.5 Å². The number of carboxylic acid groups (broad SMARTS) is 1. The monoisotopic (exact) mass is 399 g/mol. The Morgan fingerprint density at radius 1 is 1.14 bits per heavy atom. The van der Waals surface area contributed by atoms with Gasteiger partial charge in [0.25, 0.3) is 5.56 Å². The van der Waals surface area contributed by atoms with Gasteiger partial charge in [-0.25, -0.2) is 4.39 Å². The van der Waals surface area contributed by atoms with E-state index in [1.807, 2.05) is 0 Å². The highest BCUT2D eigenvalue weighted by atomic mass is 19.1. The van der Waals surface area contributed by atoms with Gasteiger partial charge in [-0.1, -0.05) is 12.1 Å². The number of rotatable bonds is 8. The predicted molar refractivity (Wildman–Crippen MR) is 101 cm³/mol. The van der Waals surface area contributed by atoms with Crippen molar-refractivity contribution in [3.63, 3.8) is 0 Å². The van der Waals surface area contributed by atoms with E-state index < -0.39 is 11.5 Å². The number of ether oxygens (including phenoxy) is 2. The largest absolute Gasteiger partial charge is 0.493 e. The van der Waals surface area contributed by atoms with Crippen molar-refractivity contribution in [2.75, 3.05) is 7.11 Å². The van der Waals surface area contributed by atoms with Gasteiger partial charge in [0.2, 0.25) is 0 Å². The highest BCUT2D eigenvalue weighted by Crippen LogP contribution is 2.31. The Morgan fingerprint density at radius 2 is 1.90 bits per heavy atom. The van der Waals surface area contributed by atoms with E-state index in [-0.39, 0.29) is 36.8 Å². The number of nitrogens with one attached hydrogen (secondary N) is 1. The number of nitrogens with zero attached hydrogens (tertiary/aromatic N) is 2. The second-order valence-electron chi connectivity index (χ2n) is 6.12. The fourth-order valence-electron chi connectivity index (χ4n) is 2.56. The molecule has 0 aliphatic heterocycles. The molecule has 3 rings (SSSR count). The Morgan fingerprint density at radius 3 is 2.55 bits per heavy atom. The number of benzene rings is 2. The van der Waals surface area contributed by atoms with E-state index in [0.29, 0.717) is 17.1 Å². The van der Waals surface area contributed by atoms with Crippen LogP contribution in [0.3, 0.4) is 0 Å². The molecular weight excluding hydrogens is 381 g/mol. The van der Waals surface area contributed by atoms with Crippen LogP contribution >= 0.6 is 0 Å². The lowest BCUT2D eigenvalue weighted by atomic mass is 10.2. The molecule has 2 aromatic carbocycles. The number of hydrogen-bond donors (Lipinski definition) is 2. The number of hydrogen-bond acceptors (Lipinski definition) is 6. The van der Waals surface area contributed by atoms with Crippen LogP contribution in [0, 0.1) is 5.82 Å². The summed E-state index contributed by atoms with van der Waals surface area (Å²) in [6.45, 7) is 0.227. The van der Waals surface area contributed by atoms with Crippen molar-refractivity contribution < 1.29 is 23.8 Å². The highest BCUT2D eigenvalue weighted by molar-refractivity contribution is 5.67. The summed E-state index contributed by atoms with van der Waals surface area (Å²) in [5, 5.41) is 16.5. The molecule has 0 aliphatic carbocycles. The lowest BCUT2D eigenvalue weighted by Gasteiger charge is -2.12. The zero-order valence-corrected chi connectivity index (χ0v) is 15.5. The molecule has 0 aliphatic rings. The Balaban J connectivity index is 1.77. The van der Waals surface area contributed by atoms with Gasteiger partial charge in [0.1, 0.15) is 18.1 Å². The minimum atomic E-state index is -1.02. The van der Waals surface area contributed by atoms with Gasteiger partial charge >= 0.3 is 5.97 Å². The first-order valence-corrected chi connectivity index (χ1v) is 8.69. The summed E-state index contributed by atoms with van der Waals surface area (Å²) in [6, 6.07) is 10.9. The molecule has 1 heterocycles. The first-order valence-electron chi connectivity index (χ1n) is 8.69. The molecule has 0 fully saturated rings. The Kier molecular flexibility index (Phi) is 6.18. The lowest BCUT2D eigenvalue weighted by Crippen LogP contribution is -2.18. The van der Waals surface area contributed by atoms with Crippen molar-refractivity contribution in [1.29, 1.82) is 0 Å². The molecule has 0 amide bonds. The molecule has 3 aromatic rings. The number of aromatic nitrogens is 3. The van der Waals surface area contributed by atoms with Gasteiger partial charge in [-0.05, 0) is 35.9 Å². The van der Waals surface area contributed by atoms with Crippen LogP contribution in [0.15, 0.2) is 47.3 Å². The average Bonchev–Trinajstić information content (AvgIpc) is 2.72. The SMILES string of the molecule is COc1cc(-c2nnc(CCC(=O)O)c(=O)[nH]2)ccc1OCc1ccc(F)cc1. The second-order valence-corrected chi connectivity index (χ2v) is 6.12. The van der Waals surface area contributed by atoms with E-state index in [1.54, 1.807) is 30.3 Å².